The number of amides is 1. The second-order valence-corrected chi connectivity index (χ2v) is 6.76. The molecule has 3 heterocycles. The van der Waals surface area contributed by atoms with Crippen LogP contribution in [0.4, 0.5) is 5.69 Å². The largest absolute Gasteiger partial charge is 0.355 e. The lowest BCUT2D eigenvalue weighted by Crippen LogP contribution is -2.20. The number of carbonyl (C=O) groups is 1. The fraction of sp³-hybridized carbons (Fsp3) is 0.350. The Balaban J connectivity index is 1.48. The van der Waals surface area contributed by atoms with Gasteiger partial charge in [0.2, 0.25) is 0 Å². The van der Waals surface area contributed by atoms with Crippen molar-refractivity contribution >= 4 is 11.6 Å². The third-order valence-electron chi connectivity index (χ3n) is 4.84. The highest BCUT2D eigenvalue weighted by Gasteiger charge is 2.18. The lowest BCUT2D eigenvalue weighted by atomic mass is 10.1. The number of hydrogen-bond donors (Lipinski definition) is 1. The summed E-state index contributed by atoms with van der Waals surface area (Å²) in [5, 5.41) is 11.1. The third-order valence-corrected chi connectivity index (χ3v) is 4.84. The summed E-state index contributed by atoms with van der Waals surface area (Å²) in [6.07, 6.45) is 6.06. The lowest BCUT2D eigenvalue weighted by molar-refractivity contribution is 0.101. The van der Waals surface area contributed by atoms with Gasteiger partial charge in [0.1, 0.15) is 0 Å². The highest BCUT2D eigenvalue weighted by atomic mass is 16.5. The summed E-state index contributed by atoms with van der Waals surface area (Å²) >= 11 is 0. The summed E-state index contributed by atoms with van der Waals surface area (Å²) in [6, 6.07) is 9.56. The second-order valence-electron chi connectivity index (χ2n) is 6.76. The average Bonchev–Trinajstić information content (AvgIpc) is 3.44. The minimum absolute atomic E-state index is 0.255. The van der Waals surface area contributed by atoms with Gasteiger partial charge in [-0.15, -0.1) is 0 Å². The van der Waals surface area contributed by atoms with Crippen LogP contribution in [0.25, 0.3) is 11.3 Å². The van der Waals surface area contributed by atoms with Crippen LogP contribution >= 0.6 is 0 Å². The van der Waals surface area contributed by atoms with E-state index < -0.39 is 0 Å². The van der Waals surface area contributed by atoms with E-state index in [1.807, 2.05) is 31.3 Å². The predicted molar refractivity (Wildman–Crippen MR) is 102 cm³/mol. The molecule has 0 aliphatic carbocycles. The standard InChI is InChI=1S/C20H23N5O2/c1-2-25-14-16(12-21-25)19-11-18(23-27-19)20(26)22-17-8-4-3-7-15(17)13-24-9-5-6-10-24/h3-4,7-8,11-12,14H,2,5-6,9-10,13H2,1H3,(H,22,26). The van der Waals surface area contributed by atoms with E-state index in [4.69, 9.17) is 4.52 Å². The van der Waals surface area contributed by atoms with Gasteiger partial charge in [-0.3, -0.25) is 14.4 Å². The number of aryl methyl sites for hydroxylation is 1. The van der Waals surface area contributed by atoms with Crippen LogP contribution in [-0.4, -0.2) is 38.8 Å². The highest BCUT2D eigenvalue weighted by Crippen LogP contribution is 2.23. The van der Waals surface area contributed by atoms with E-state index in [2.05, 4.69) is 26.5 Å². The van der Waals surface area contributed by atoms with Gasteiger partial charge in [-0.25, -0.2) is 0 Å². The summed E-state index contributed by atoms with van der Waals surface area (Å²) in [5.41, 5.74) is 2.99. The molecule has 27 heavy (non-hydrogen) atoms. The van der Waals surface area contributed by atoms with Crippen LogP contribution in [0.1, 0.15) is 35.8 Å². The number of aromatic nitrogens is 3. The number of para-hydroxylation sites is 1. The molecule has 0 atom stereocenters. The number of rotatable bonds is 6. The zero-order valence-corrected chi connectivity index (χ0v) is 15.4. The van der Waals surface area contributed by atoms with Crippen molar-refractivity contribution in [1.29, 1.82) is 0 Å². The molecule has 7 nitrogen and oxygen atoms in total. The molecule has 1 N–H and O–H groups in total. The molecular formula is C20H23N5O2. The fourth-order valence-electron chi connectivity index (χ4n) is 3.33. The molecule has 1 aliphatic heterocycles. The molecule has 0 radical (unpaired) electrons. The highest BCUT2D eigenvalue weighted by molar-refractivity contribution is 6.03. The van der Waals surface area contributed by atoms with Gasteiger partial charge >= 0.3 is 0 Å². The Morgan fingerprint density at radius 3 is 2.85 bits per heavy atom. The van der Waals surface area contributed by atoms with Gasteiger partial charge in [0, 0.05) is 31.0 Å². The number of hydrogen-bond acceptors (Lipinski definition) is 5. The van der Waals surface area contributed by atoms with E-state index in [-0.39, 0.29) is 11.6 Å². The molecule has 4 rings (SSSR count). The number of carbonyl (C=O) groups excluding carboxylic acids is 1. The SMILES string of the molecule is CCn1cc(-c2cc(C(=O)Nc3ccccc3CN3CCCC3)no2)cn1. The first-order chi connectivity index (χ1) is 13.2. The molecule has 7 heteroatoms. The van der Waals surface area contributed by atoms with Crippen molar-refractivity contribution in [3.63, 3.8) is 0 Å². The summed E-state index contributed by atoms with van der Waals surface area (Å²) in [7, 11) is 0. The Hall–Kier alpha value is -2.93. The molecule has 140 valence electrons. The van der Waals surface area contributed by atoms with Crippen molar-refractivity contribution in [3.05, 3.63) is 54.0 Å². The van der Waals surface area contributed by atoms with Crippen molar-refractivity contribution in [1.82, 2.24) is 19.8 Å². The van der Waals surface area contributed by atoms with E-state index in [1.54, 1.807) is 16.9 Å². The molecule has 0 spiro atoms. The minimum atomic E-state index is -0.276. The van der Waals surface area contributed by atoms with Crippen molar-refractivity contribution < 1.29 is 9.32 Å². The molecule has 1 amide bonds. The topological polar surface area (TPSA) is 76.2 Å². The van der Waals surface area contributed by atoms with Gasteiger partial charge in [-0.05, 0) is 44.5 Å². The molecular weight excluding hydrogens is 342 g/mol. The van der Waals surface area contributed by atoms with Crippen LogP contribution < -0.4 is 5.32 Å². The maximum Gasteiger partial charge on any atom is 0.277 e. The van der Waals surface area contributed by atoms with Crippen molar-refractivity contribution in [3.8, 4) is 11.3 Å². The summed E-state index contributed by atoms with van der Waals surface area (Å²) in [6.45, 7) is 5.85. The predicted octanol–water partition coefficient (Wildman–Crippen LogP) is 3.41. The first-order valence-corrected chi connectivity index (χ1v) is 9.34. The Labute approximate surface area is 158 Å². The number of benzene rings is 1. The molecule has 0 saturated carbocycles. The first-order valence-electron chi connectivity index (χ1n) is 9.34. The van der Waals surface area contributed by atoms with Gasteiger partial charge in [-0.1, -0.05) is 23.4 Å². The van der Waals surface area contributed by atoms with Gasteiger partial charge in [0.05, 0.1) is 11.8 Å². The van der Waals surface area contributed by atoms with Gasteiger partial charge in [0.15, 0.2) is 11.5 Å². The maximum absolute atomic E-state index is 12.6. The van der Waals surface area contributed by atoms with E-state index >= 15 is 0 Å². The molecule has 3 aromatic rings. The molecule has 0 bridgehead atoms. The van der Waals surface area contributed by atoms with E-state index in [9.17, 15) is 4.79 Å². The number of nitrogens with zero attached hydrogens (tertiary/aromatic N) is 4. The number of likely N-dealkylation sites (tertiary alicyclic amines) is 1. The first kappa shape index (κ1) is 17.5. The summed E-state index contributed by atoms with van der Waals surface area (Å²) in [5.74, 6) is 0.256. The van der Waals surface area contributed by atoms with Gasteiger partial charge < -0.3 is 9.84 Å². The molecule has 2 aromatic heterocycles. The lowest BCUT2D eigenvalue weighted by Gasteiger charge is -2.17. The minimum Gasteiger partial charge on any atom is -0.355 e. The van der Waals surface area contributed by atoms with Gasteiger partial charge in [-0.2, -0.15) is 5.10 Å². The number of nitrogens with one attached hydrogen (secondary N) is 1. The Morgan fingerprint density at radius 1 is 1.26 bits per heavy atom. The summed E-state index contributed by atoms with van der Waals surface area (Å²) in [4.78, 5) is 15.0. The van der Waals surface area contributed by atoms with Crippen LogP contribution in [0, 0.1) is 0 Å². The molecule has 0 unspecified atom stereocenters. The normalized spacial score (nSPS) is 14.6. The van der Waals surface area contributed by atoms with E-state index in [0.717, 1.165) is 43.0 Å². The quantitative estimate of drug-likeness (QED) is 0.724. The zero-order chi connectivity index (χ0) is 18.6. The summed E-state index contributed by atoms with van der Waals surface area (Å²) < 4.78 is 7.13. The molecule has 1 aliphatic rings. The zero-order valence-electron chi connectivity index (χ0n) is 15.4. The Kier molecular flexibility index (Phi) is 5.02. The van der Waals surface area contributed by atoms with Crippen LogP contribution in [-0.2, 0) is 13.1 Å². The van der Waals surface area contributed by atoms with Crippen molar-refractivity contribution in [2.45, 2.75) is 32.9 Å². The van der Waals surface area contributed by atoms with Crippen LogP contribution in [0.2, 0.25) is 0 Å². The second kappa shape index (κ2) is 7.75. The third kappa shape index (κ3) is 3.93. The molecule has 1 fully saturated rings. The number of anilines is 1. The van der Waals surface area contributed by atoms with E-state index in [0.29, 0.717) is 5.76 Å². The average molecular weight is 365 g/mol. The van der Waals surface area contributed by atoms with Crippen molar-refractivity contribution in [2.75, 3.05) is 18.4 Å². The Morgan fingerprint density at radius 2 is 2.07 bits per heavy atom. The molecule has 1 saturated heterocycles. The van der Waals surface area contributed by atoms with Crippen molar-refractivity contribution in [2.24, 2.45) is 0 Å². The van der Waals surface area contributed by atoms with E-state index in [1.165, 1.54) is 12.8 Å². The van der Waals surface area contributed by atoms with Crippen LogP contribution in [0.15, 0.2) is 47.2 Å². The monoisotopic (exact) mass is 365 g/mol. The van der Waals surface area contributed by atoms with Crippen LogP contribution in [0.5, 0.6) is 0 Å². The fourth-order valence-corrected chi connectivity index (χ4v) is 3.33. The van der Waals surface area contributed by atoms with Crippen LogP contribution in [0.3, 0.4) is 0 Å². The maximum atomic E-state index is 12.6. The van der Waals surface area contributed by atoms with Gasteiger partial charge in [0.25, 0.3) is 5.91 Å². The molecule has 1 aromatic carbocycles. The Bertz CT molecular complexity index is 924. The smallest absolute Gasteiger partial charge is 0.277 e.